The van der Waals surface area contributed by atoms with Crippen molar-refractivity contribution in [3.63, 3.8) is 0 Å². The summed E-state index contributed by atoms with van der Waals surface area (Å²) in [7, 11) is 0. The second-order valence-electron chi connectivity index (χ2n) is 11.4. The van der Waals surface area contributed by atoms with Crippen LogP contribution in [0.1, 0.15) is 0 Å². The summed E-state index contributed by atoms with van der Waals surface area (Å²) < 4.78 is 11.9. The summed E-state index contributed by atoms with van der Waals surface area (Å²) >= 11 is 1.82. The molecule has 0 fully saturated rings. The molecule has 0 aliphatic heterocycles. The topological polar surface area (TPSA) is 43.9 Å². The molecule has 210 valence electrons. The summed E-state index contributed by atoms with van der Waals surface area (Å²) in [6.07, 6.45) is 7.39. The predicted octanol–water partition coefficient (Wildman–Crippen LogP) is 11.2. The number of furan rings is 1. The molecule has 5 heteroatoms. The molecular weight excluding hydrogens is 571 g/mol. The fraction of sp³-hybridized carbons (Fsp3) is 0. The van der Waals surface area contributed by atoms with Gasteiger partial charge in [0.25, 0.3) is 0 Å². The number of fused-ring (bicyclic) bond motifs is 11. The first-order chi connectivity index (χ1) is 22.3. The Balaban J connectivity index is 1.31. The number of aromatic nitrogens is 3. The van der Waals surface area contributed by atoms with E-state index in [1.54, 1.807) is 0 Å². The van der Waals surface area contributed by atoms with Gasteiger partial charge in [0.05, 0.1) is 16.4 Å². The minimum atomic E-state index is 0.930. The van der Waals surface area contributed by atoms with E-state index in [2.05, 4.69) is 130 Å². The first-order valence-corrected chi connectivity index (χ1v) is 15.8. The highest BCUT2D eigenvalue weighted by atomic mass is 32.1. The lowest BCUT2D eigenvalue weighted by atomic mass is 9.99. The van der Waals surface area contributed by atoms with Gasteiger partial charge in [0.2, 0.25) is 0 Å². The van der Waals surface area contributed by atoms with Crippen molar-refractivity contribution in [2.75, 3.05) is 0 Å². The van der Waals surface area contributed by atoms with Crippen molar-refractivity contribution < 1.29 is 4.42 Å². The zero-order valence-corrected chi connectivity index (χ0v) is 24.8. The fourth-order valence-electron chi connectivity index (χ4n) is 6.99. The fourth-order valence-corrected chi connectivity index (χ4v) is 8.10. The summed E-state index contributed by atoms with van der Waals surface area (Å²) in [5, 5.41) is 7.04. The second kappa shape index (κ2) is 9.36. The summed E-state index contributed by atoms with van der Waals surface area (Å²) in [5.41, 5.74) is 9.73. The number of hydrogen-bond donors (Lipinski definition) is 0. The van der Waals surface area contributed by atoms with Crippen molar-refractivity contribution in [1.82, 2.24) is 14.5 Å². The van der Waals surface area contributed by atoms with E-state index < -0.39 is 0 Å². The Kier molecular flexibility index (Phi) is 5.12. The molecule has 0 saturated carbocycles. The van der Waals surface area contributed by atoms with Gasteiger partial charge in [-0.05, 0) is 101 Å². The van der Waals surface area contributed by atoms with Gasteiger partial charge < -0.3 is 8.98 Å². The Morgan fingerprint density at radius 1 is 0.467 bits per heavy atom. The molecule has 0 radical (unpaired) electrons. The third-order valence-electron chi connectivity index (χ3n) is 8.98. The molecule has 0 aliphatic rings. The average Bonchev–Trinajstić information content (AvgIpc) is 3.78. The standard InChI is InChI=1S/C40H23N3OS/c1-3-7-33-31(5-1)37-34(11-9-29-30-10-12-36-38(40(30)44-39(29)37)32-6-2-4-8-35(32)45-36)43(33)28-22-26(24-13-17-41-18-14-24)21-27(23-28)25-15-19-42-20-16-25/h1-23H. The van der Waals surface area contributed by atoms with Gasteiger partial charge in [-0.3, -0.25) is 9.97 Å². The minimum absolute atomic E-state index is 0.930. The largest absolute Gasteiger partial charge is 0.455 e. The van der Waals surface area contributed by atoms with E-state index in [9.17, 15) is 0 Å². The van der Waals surface area contributed by atoms with Crippen LogP contribution in [0, 0.1) is 0 Å². The highest BCUT2D eigenvalue weighted by Crippen LogP contribution is 2.45. The third-order valence-corrected chi connectivity index (χ3v) is 10.1. The number of benzene rings is 5. The van der Waals surface area contributed by atoms with E-state index >= 15 is 0 Å². The molecule has 0 atom stereocenters. The lowest BCUT2D eigenvalue weighted by molar-refractivity contribution is 0.677. The highest BCUT2D eigenvalue weighted by Gasteiger charge is 2.21. The van der Waals surface area contributed by atoms with Crippen LogP contribution >= 0.6 is 11.3 Å². The maximum absolute atomic E-state index is 6.97. The highest BCUT2D eigenvalue weighted by molar-refractivity contribution is 7.26. The number of para-hydroxylation sites is 1. The Morgan fingerprint density at radius 3 is 1.82 bits per heavy atom. The van der Waals surface area contributed by atoms with E-state index in [1.807, 2.05) is 36.1 Å². The van der Waals surface area contributed by atoms with Crippen LogP contribution in [-0.2, 0) is 0 Å². The first-order valence-electron chi connectivity index (χ1n) is 15.0. The number of hydrogen-bond acceptors (Lipinski definition) is 4. The van der Waals surface area contributed by atoms with E-state index in [1.165, 1.54) is 25.6 Å². The molecule has 5 aromatic heterocycles. The SMILES string of the molecule is c1ccc2c(c1)sc1ccc3c4ccc5c(c6ccccc6n5-c5cc(-c6ccncc6)cc(-c6ccncc6)c5)c4oc3c12. The number of rotatable bonds is 3. The molecule has 5 heterocycles. The Hall–Kier alpha value is -5.78. The van der Waals surface area contributed by atoms with Crippen LogP contribution in [0.15, 0.2) is 144 Å². The van der Waals surface area contributed by atoms with Crippen molar-refractivity contribution in [3.8, 4) is 27.9 Å². The van der Waals surface area contributed by atoms with Crippen LogP contribution in [0.5, 0.6) is 0 Å². The van der Waals surface area contributed by atoms with E-state index in [4.69, 9.17) is 4.42 Å². The summed E-state index contributed by atoms with van der Waals surface area (Å²) in [6, 6.07) is 41.3. The Labute approximate surface area is 261 Å². The van der Waals surface area contributed by atoms with Crippen LogP contribution < -0.4 is 0 Å². The smallest absolute Gasteiger partial charge is 0.145 e. The third kappa shape index (κ3) is 3.59. The molecule has 10 aromatic rings. The quantitative estimate of drug-likeness (QED) is 0.205. The summed E-state index contributed by atoms with van der Waals surface area (Å²) in [5.74, 6) is 0. The predicted molar refractivity (Wildman–Crippen MR) is 187 cm³/mol. The molecule has 0 saturated heterocycles. The lowest BCUT2D eigenvalue weighted by Crippen LogP contribution is -1.96. The van der Waals surface area contributed by atoms with Gasteiger partial charge in [-0.25, -0.2) is 0 Å². The number of thiophene rings is 1. The van der Waals surface area contributed by atoms with Gasteiger partial charge in [0.1, 0.15) is 11.2 Å². The zero-order valence-electron chi connectivity index (χ0n) is 23.9. The van der Waals surface area contributed by atoms with Gasteiger partial charge in [-0.1, -0.05) is 36.4 Å². The molecule has 4 nitrogen and oxygen atoms in total. The molecule has 0 amide bonds. The molecule has 0 bridgehead atoms. The van der Waals surface area contributed by atoms with Crippen molar-refractivity contribution in [1.29, 1.82) is 0 Å². The molecule has 0 aliphatic carbocycles. The van der Waals surface area contributed by atoms with Gasteiger partial charge in [0.15, 0.2) is 0 Å². The van der Waals surface area contributed by atoms with Crippen LogP contribution in [0.3, 0.4) is 0 Å². The van der Waals surface area contributed by atoms with E-state index in [0.717, 1.165) is 66.3 Å². The maximum Gasteiger partial charge on any atom is 0.145 e. The van der Waals surface area contributed by atoms with Crippen LogP contribution in [-0.4, -0.2) is 14.5 Å². The summed E-state index contributed by atoms with van der Waals surface area (Å²) in [4.78, 5) is 8.52. The number of pyridine rings is 2. The van der Waals surface area contributed by atoms with Crippen molar-refractivity contribution in [2.24, 2.45) is 0 Å². The normalized spacial score (nSPS) is 12.0. The Bertz CT molecular complexity index is 2700. The van der Waals surface area contributed by atoms with Crippen molar-refractivity contribution in [3.05, 3.63) is 140 Å². The molecule has 10 rings (SSSR count). The maximum atomic E-state index is 6.97. The number of nitrogens with zero attached hydrogens (tertiary/aromatic N) is 3. The van der Waals surface area contributed by atoms with Gasteiger partial charge in [0, 0.05) is 66.8 Å². The zero-order chi connectivity index (χ0) is 29.5. The minimum Gasteiger partial charge on any atom is -0.455 e. The molecular formula is C40H23N3OS. The van der Waals surface area contributed by atoms with Gasteiger partial charge in [-0.2, -0.15) is 0 Å². The monoisotopic (exact) mass is 593 g/mol. The van der Waals surface area contributed by atoms with Crippen LogP contribution in [0.25, 0.3) is 91.9 Å². The van der Waals surface area contributed by atoms with E-state index in [0.29, 0.717) is 0 Å². The van der Waals surface area contributed by atoms with Crippen molar-refractivity contribution >= 4 is 75.3 Å². The van der Waals surface area contributed by atoms with Gasteiger partial charge in [-0.15, -0.1) is 11.3 Å². The van der Waals surface area contributed by atoms with Gasteiger partial charge >= 0.3 is 0 Å². The average molecular weight is 594 g/mol. The molecule has 0 spiro atoms. The molecule has 5 aromatic carbocycles. The Morgan fingerprint density at radius 2 is 1.09 bits per heavy atom. The van der Waals surface area contributed by atoms with E-state index in [-0.39, 0.29) is 0 Å². The molecule has 45 heavy (non-hydrogen) atoms. The summed E-state index contributed by atoms with van der Waals surface area (Å²) in [6.45, 7) is 0. The lowest BCUT2D eigenvalue weighted by Gasteiger charge is -2.14. The van der Waals surface area contributed by atoms with Crippen molar-refractivity contribution in [2.45, 2.75) is 0 Å². The van der Waals surface area contributed by atoms with Crippen LogP contribution in [0.4, 0.5) is 0 Å². The molecule has 0 unspecified atom stereocenters. The second-order valence-corrected chi connectivity index (χ2v) is 12.5. The molecule has 0 N–H and O–H groups in total. The van der Waals surface area contributed by atoms with Crippen LogP contribution in [0.2, 0.25) is 0 Å². The first kappa shape index (κ1) is 24.6.